The van der Waals surface area contributed by atoms with Crippen molar-refractivity contribution in [2.24, 2.45) is 0 Å². The Morgan fingerprint density at radius 3 is 2.65 bits per heavy atom. The number of nitrogens with one attached hydrogen (secondary N) is 1. The SMILES string of the molecule is CC(NCc1nccs1)c1c(O)cccc1O. The Labute approximate surface area is 104 Å². The Balaban J connectivity index is 2.07. The van der Waals surface area contributed by atoms with Crippen LogP contribution in [0.4, 0.5) is 0 Å². The number of aromatic hydroxyl groups is 2. The molecule has 1 aromatic carbocycles. The molecule has 0 spiro atoms. The average Bonchev–Trinajstić information content (AvgIpc) is 2.79. The molecule has 5 heteroatoms. The van der Waals surface area contributed by atoms with Crippen molar-refractivity contribution in [1.82, 2.24) is 10.3 Å². The highest BCUT2D eigenvalue weighted by Gasteiger charge is 2.14. The third-order valence-electron chi connectivity index (χ3n) is 2.54. The zero-order valence-electron chi connectivity index (χ0n) is 9.42. The number of phenols is 2. The van der Waals surface area contributed by atoms with Gasteiger partial charge < -0.3 is 15.5 Å². The third kappa shape index (κ3) is 2.75. The predicted octanol–water partition coefficient (Wildman–Crippen LogP) is 2.41. The van der Waals surface area contributed by atoms with E-state index in [-0.39, 0.29) is 17.5 Å². The van der Waals surface area contributed by atoms with Crippen LogP contribution in [-0.2, 0) is 6.54 Å². The lowest BCUT2D eigenvalue weighted by Crippen LogP contribution is -2.18. The van der Waals surface area contributed by atoms with Crippen LogP contribution in [0.2, 0.25) is 0 Å². The maximum Gasteiger partial charge on any atom is 0.124 e. The predicted molar refractivity (Wildman–Crippen MR) is 67.1 cm³/mol. The monoisotopic (exact) mass is 250 g/mol. The van der Waals surface area contributed by atoms with Gasteiger partial charge in [0.05, 0.1) is 5.56 Å². The van der Waals surface area contributed by atoms with Crippen LogP contribution < -0.4 is 5.32 Å². The molecule has 0 fully saturated rings. The topological polar surface area (TPSA) is 65.4 Å². The molecule has 0 amide bonds. The molecule has 90 valence electrons. The van der Waals surface area contributed by atoms with E-state index in [1.807, 2.05) is 12.3 Å². The van der Waals surface area contributed by atoms with E-state index in [1.54, 1.807) is 35.7 Å². The van der Waals surface area contributed by atoms with Gasteiger partial charge in [-0.2, -0.15) is 0 Å². The summed E-state index contributed by atoms with van der Waals surface area (Å²) in [7, 11) is 0. The maximum absolute atomic E-state index is 9.71. The number of thiazole rings is 1. The second-order valence-corrected chi connectivity index (χ2v) is 4.72. The molecule has 0 radical (unpaired) electrons. The summed E-state index contributed by atoms with van der Waals surface area (Å²) in [6.45, 7) is 2.51. The average molecular weight is 250 g/mol. The minimum atomic E-state index is -0.139. The Kier molecular flexibility index (Phi) is 3.61. The molecular formula is C12H14N2O2S. The molecule has 1 atom stereocenters. The van der Waals surface area contributed by atoms with Crippen LogP contribution in [-0.4, -0.2) is 15.2 Å². The standard InChI is InChI=1S/C12H14N2O2S/c1-8(14-7-11-13-5-6-17-11)12-9(15)3-2-4-10(12)16/h2-6,8,14-16H,7H2,1H3. The largest absolute Gasteiger partial charge is 0.507 e. The molecule has 2 aromatic rings. The van der Waals surface area contributed by atoms with Crippen LogP contribution in [0.5, 0.6) is 11.5 Å². The van der Waals surface area contributed by atoms with Crippen molar-refractivity contribution in [2.75, 3.05) is 0 Å². The highest BCUT2D eigenvalue weighted by molar-refractivity contribution is 7.09. The molecule has 0 saturated carbocycles. The summed E-state index contributed by atoms with van der Waals surface area (Å²) >= 11 is 1.57. The number of aromatic nitrogens is 1. The number of phenolic OH excluding ortho intramolecular Hbond substituents is 2. The van der Waals surface area contributed by atoms with E-state index < -0.39 is 0 Å². The van der Waals surface area contributed by atoms with Gasteiger partial charge >= 0.3 is 0 Å². The van der Waals surface area contributed by atoms with Crippen molar-refractivity contribution in [3.63, 3.8) is 0 Å². The van der Waals surface area contributed by atoms with Crippen LogP contribution in [0.25, 0.3) is 0 Å². The van der Waals surface area contributed by atoms with Crippen molar-refractivity contribution >= 4 is 11.3 Å². The molecule has 4 nitrogen and oxygen atoms in total. The molecule has 2 rings (SSSR count). The van der Waals surface area contributed by atoms with Gasteiger partial charge in [0.1, 0.15) is 16.5 Å². The molecule has 0 aliphatic heterocycles. The lowest BCUT2D eigenvalue weighted by Gasteiger charge is -2.16. The molecule has 0 aliphatic rings. The van der Waals surface area contributed by atoms with Crippen molar-refractivity contribution in [3.8, 4) is 11.5 Å². The Hall–Kier alpha value is -1.59. The molecule has 1 heterocycles. The summed E-state index contributed by atoms with van der Waals surface area (Å²) in [6.07, 6.45) is 1.75. The third-order valence-corrected chi connectivity index (χ3v) is 3.32. The van der Waals surface area contributed by atoms with Crippen LogP contribution in [0.15, 0.2) is 29.8 Å². The van der Waals surface area contributed by atoms with E-state index >= 15 is 0 Å². The van der Waals surface area contributed by atoms with Gasteiger partial charge in [-0.1, -0.05) is 6.07 Å². The van der Waals surface area contributed by atoms with Crippen LogP contribution in [0.3, 0.4) is 0 Å². The summed E-state index contributed by atoms with van der Waals surface area (Å²) in [5.74, 6) is 0.202. The molecule has 1 unspecified atom stereocenters. The van der Waals surface area contributed by atoms with Gasteiger partial charge in [-0.15, -0.1) is 11.3 Å². The molecule has 0 aliphatic carbocycles. The van der Waals surface area contributed by atoms with Gasteiger partial charge in [-0.3, -0.25) is 0 Å². The van der Waals surface area contributed by atoms with Crippen molar-refractivity contribution < 1.29 is 10.2 Å². The first kappa shape index (κ1) is 11.9. The first-order valence-corrected chi connectivity index (χ1v) is 6.19. The van der Waals surface area contributed by atoms with Crippen molar-refractivity contribution in [3.05, 3.63) is 40.3 Å². The van der Waals surface area contributed by atoms with Crippen molar-refractivity contribution in [1.29, 1.82) is 0 Å². The number of hydrogen-bond donors (Lipinski definition) is 3. The highest BCUT2D eigenvalue weighted by atomic mass is 32.1. The van der Waals surface area contributed by atoms with Gasteiger partial charge in [-0.05, 0) is 19.1 Å². The number of rotatable bonds is 4. The van der Waals surface area contributed by atoms with Gasteiger partial charge in [0, 0.05) is 24.2 Å². The number of benzene rings is 1. The summed E-state index contributed by atoms with van der Waals surface area (Å²) in [4.78, 5) is 4.16. The van der Waals surface area contributed by atoms with Crippen LogP contribution >= 0.6 is 11.3 Å². The van der Waals surface area contributed by atoms with Gasteiger partial charge in [0.15, 0.2) is 0 Å². The van der Waals surface area contributed by atoms with E-state index in [2.05, 4.69) is 10.3 Å². The molecule has 17 heavy (non-hydrogen) atoms. The second-order valence-electron chi connectivity index (χ2n) is 3.74. The summed E-state index contributed by atoms with van der Waals surface area (Å²) in [5.41, 5.74) is 0.518. The second kappa shape index (κ2) is 5.16. The van der Waals surface area contributed by atoms with E-state index in [0.717, 1.165) is 5.01 Å². The van der Waals surface area contributed by atoms with E-state index in [4.69, 9.17) is 0 Å². The quantitative estimate of drug-likeness (QED) is 0.779. The Bertz CT molecular complexity index is 465. The van der Waals surface area contributed by atoms with Crippen LogP contribution in [0, 0.1) is 0 Å². The summed E-state index contributed by atoms with van der Waals surface area (Å²) < 4.78 is 0. The fraction of sp³-hybridized carbons (Fsp3) is 0.250. The number of nitrogens with zero attached hydrogens (tertiary/aromatic N) is 1. The first-order valence-electron chi connectivity index (χ1n) is 5.31. The zero-order valence-corrected chi connectivity index (χ0v) is 10.2. The molecule has 1 aromatic heterocycles. The lowest BCUT2D eigenvalue weighted by atomic mass is 10.1. The van der Waals surface area contributed by atoms with E-state index in [9.17, 15) is 10.2 Å². The minimum Gasteiger partial charge on any atom is -0.507 e. The first-order chi connectivity index (χ1) is 8.18. The van der Waals surface area contributed by atoms with Gasteiger partial charge in [-0.25, -0.2) is 4.98 Å². The molecule has 0 saturated heterocycles. The van der Waals surface area contributed by atoms with Crippen molar-refractivity contribution in [2.45, 2.75) is 19.5 Å². The molecule has 3 N–H and O–H groups in total. The van der Waals surface area contributed by atoms with Gasteiger partial charge in [0.25, 0.3) is 0 Å². The highest BCUT2D eigenvalue weighted by Crippen LogP contribution is 2.32. The Morgan fingerprint density at radius 1 is 1.35 bits per heavy atom. The smallest absolute Gasteiger partial charge is 0.124 e. The van der Waals surface area contributed by atoms with E-state index in [1.165, 1.54) is 0 Å². The summed E-state index contributed by atoms with van der Waals surface area (Å²) in [6, 6.07) is 4.61. The lowest BCUT2D eigenvalue weighted by molar-refractivity contribution is 0.418. The van der Waals surface area contributed by atoms with E-state index in [0.29, 0.717) is 12.1 Å². The summed E-state index contributed by atoms with van der Waals surface area (Å²) in [5, 5.41) is 25.5. The minimum absolute atomic E-state index is 0.101. The molecule has 0 bridgehead atoms. The maximum atomic E-state index is 9.71. The normalized spacial score (nSPS) is 12.5. The van der Waals surface area contributed by atoms with Gasteiger partial charge in [0.2, 0.25) is 0 Å². The zero-order chi connectivity index (χ0) is 12.3. The fourth-order valence-electron chi connectivity index (χ4n) is 1.67. The molecular weight excluding hydrogens is 236 g/mol. The fourth-order valence-corrected chi connectivity index (χ4v) is 2.23. The Morgan fingerprint density at radius 2 is 2.06 bits per heavy atom. The van der Waals surface area contributed by atoms with Crippen LogP contribution in [0.1, 0.15) is 23.5 Å². The number of hydrogen-bond acceptors (Lipinski definition) is 5.